The van der Waals surface area contributed by atoms with Crippen molar-refractivity contribution in [3.05, 3.63) is 35.5 Å². The first-order chi connectivity index (χ1) is 12.5. The van der Waals surface area contributed by atoms with Crippen molar-refractivity contribution in [2.75, 3.05) is 26.7 Å². The summed E-state index contributed by atoms with van der Waals surface area (Å²) in [5, 5.41) is 8.44. The Kier molecular flexibility index (Phi) is 5.87. The molecule has 0 aliphatic carbocycles. The number of hydrogen-bond acceptors (Lipinski definition) is 2. The fourth-order valence-electron chi connectivity index (χ4n) is 3.95. The number of fused-ring (bicyclic) bond motifs is 1. The van der Waals surface area contributed by atoms with Crippen LogP contribution in [-0.2, 0) is 6.42 Å². The van der Waals surface area contributed by atoms with Gasteiger partial charge in [0.2, 0.25) is 0 Å². The first-order valence-electron chi connectivity index (χ1n) is 9.77. The van der Waals surface area contributed by atoms with Crippen molar-refractivity contribution in [2.24, 2.45) is 10.9 Å². The lowest BCUT2D eigenvalue weighted by atomic mass is 10.1. The normalized spacial score (nSPS) is 21.7. The smallest absolute Gasteiger partial charge is 0.191 e. The van der Waals surface area contributed by atoms with Gasteiger partial charge in [0.15, 0.2) is 5.96 Å². The van der Waals surface area contributed by atoms with Crippen molar-refractivity contribution in [2.45, 2.75) is 46.2 Å². The number of nitrogens with zero attached hydrogens (tertiary/aromatic N) is 2. The second-order valence-electron chi connectivity index (χ2n) is 7.80. The van der Waals surface area contributed by atoms with Gasteiger partial charge < -0.3 is 15.6 Å². The van der Waals surface area contributed by atoms with Crippen LogP contribution in [0.2, 0.25) is 0 Å². The quantitative estimate of drug-likeness (QED) is 0.571. The van der Waals surface area contributed by atoms with Gasteiger partial charge in [0, 0.05) is 55.4 Å². The van der Waals surface area contributed by atoms with Crippen LogP contribution >= 0.6 is 0 Å². The average molecular weight is 356 g/mol. The van der Waals surface area contributed by atoms with Gasteiger partial charge in [-0.05, 0) is 44.7 Å². The van der Waals surface area contributed by atoms with Crippen molar-refractivity contribution < 1.29 is 0 Å². The number of aromatic nitrogens is 1. The third-order valence-electron chi connectivity index (χ3n) is 5.61. The van der Waals surface area contributed by atoms with Crippen molar-refractivity contribution in [3.8, 4) is 0 Å². The van der Waals surface area contributed by atoms with E-state index in [0.717, 1.165) is 32.0 Å². The standard InChI is InChI=1S/C21H33N5/c1-14(2)26-12-15(3)20(13-26)25-21(22-5)23-11-10-17-16(4)24-19-9-7-6-8-18(17)19/h6-9,14-15,20,24H,10-13H2,1-5H3,(H2,22,23,25). The summed E-state index contributed by atoms with van der Waals surface area (Å²) in [5.41, 5.74) is 3.87. The Morgan fingerprint density at radius 2 is 2.08 bits per heavy atom. The molecule has 2 unspecified atom stereocenters. The number of likely N-dealkylation sites (tertiary alicyclic amines) is 1. The van der Waals surface area contributed by atoms with E-state index in [2.05, 4.69) is 77.5 Å². The molecule has 1 aromatic carbocycles. The number of hydrogen-bond donors (Lipinski definition) is 3. The van der Waals surface area contributed by atoms with Gasteiger partial charge >= 0.3 is 0 Å². The molecule has 26 heavy (non-hydrogen) atoms. The van der Waals surface area contributed by atoms with Crippen LogP contribution in [0, 0.1) is 12.8 Å². The molecular formula is C21H33N5. The maximum atomic E-state index is 4.43. The van der Waals surface area contributed by atoms with Gasteiger partial charge in [-0.15, -0.1) is 0 Å². The van der Waals surface area contributed by atoms with Crippen molar-refractivity contribution >= 4 is 16.9 Å². The highest BCUT2D eigenvalue weighted by atomic mass is 15.3. The van der Waals surface area contributed by atoms with Crippen LogP contribution < -0.4 is 10.6 Å². The first kappa shape index (κ1) is 18.8. The monoisotopic (exact) mass is 355 g/mol. The lowest BCUT2D eigenvalue weighted by Gasteiger charge is -2.22. The van der Waals surface area contributed by atoms with E-state index in [1.165, 1.54) is 22.2 Å². The minimum absolute atomic E-state index is 0.457. The number of nitrogens with one attached hydrogen (secondary N) is 3. The predicted molar refractivity (Wildman–Crippen MR) is 111 cm³/mol. The fourth-order valence-corrected chi connectivity index (χ4v) is 3.95. The molecule has 0 saturated carbocycles. The van der Waals surface area contributed by atoms with Crippen molar-refractivity contribution in [1.82, 2.24) is 20.5 Å². The van der Waals surface area contributed by atoms with Crippen LogP contribution in [0.3, 0.4) is 0 Å². The first-order valence-corrected chi connectivity index (χ1v) is 9.77. The van der Waals surface area contributed by atoms with Gasteiger partial charge in [0.25, 0.3) is 0 Å². The number of rotatable bonds is 5. The molecule has 2 atom stereocenters. The van der Waals surface area contributed by atoms with E-state index in [4.69, 9.17) is 0 Å². The Hall–Kier alpha value is -2.01. The highest BCUT2D eigenvalue weighted by Crippen LogP contribution is 2.22. The molecule has 142 valence electrons. The SMILES string of the molecule is CN=C(NCCc1c(C)[nH]c2ccccc12)NC1CN(C(C)C)CC1C. The number of aromatic amines is 1. The molecule has 3 rings (SSSR count). The summed E-state index contributed by atoms with van der Waals surface area (Å²) in [7, 11) is 1.85. The predicted octanol–water partition coefficient (Wildman–Crippen LogP) is 2.91. The molecule has 2 aromatic rings. The summed E-state index contributed by atoms with van der Waals surface area (Å²) < 4.78 is 0. The molecule has 2 heterocycles. The van der Waals surface area contributed by atoms with Gasteiger partial charge in [-0.3, -0.25) is 9.89 Å². The maximum absolute atomic E-state index is 4.43. The van der Waals surface area contributed by atoms with Crippen LogP contribution in [0.15, 0.2) is 29.3 Å². The zero-order valence-corrected chi connectivity index (χ0v) is 16.8. The minimum Gasteiger partial charge on any atom is -0.358 e. The van der Waals surface area contributed by atoms with Gasteiger partial charge in [-0.25, -0.2) is 0 Å². The van der Waals surface area contributed by atoms with Gasteiger partial charge in [0.05, 0.1) is 0 Å². The average Bonchev–Trinajstić information content (AvgIpc) is 3.14. The van der Waals surface area contributed by atoms with Gasteiger partial charge in [-0.1, -0.05) is 25.1 Å². The summed E-state index contributed by atoms with van der Waals surface area (Å²) in [4.78, 5) is 10.4. The van der Waals surface area contributed by atoms with Crippen LogP contribution in [0.5, 0.6) is 0 Å². The molecule has 5 heteroatoms. The van der Waals surface area contributed by atoms with Crippen LogP contribution in [0.4, 0.5) is 0 Å². The van der Waals surface area contributed by atoms with E-state index in [1.807, 2.05) is 7.05 Å². The Morgan fingerprint density at radius 1 is 1.31 bits per heavy atom. The Labute approximate surface area is 157 Å². The molecular weight excluding hydrogens is 322 g/mol. The van der Waals surface area contributed by atoms with E-state index in [-0.39, 0.29) is 0 Å². The Balaban J connectivity index is 1.55. The molecule has 1 saturated heterocycles. The molecule has 0 amide bonds. The fraction of sp³-hybridized carbons (Fsp3) is 0.571. The van der Waals surface area contributed by atoms with Gasteiger partial charge in [0.1, 0.15) is 0 Å². The summed E-state index contributed by atoms with van der Waals surface area (Å²) in [6.07, 6.45) is 0.981. The lowest BCUT2D eigenvalue weighted by Crippen LogP contribution is -2.47. The topological polar surface area (TPSA) is 55.5 Å². The zero-order chi connectivity index (χ0) is 18.7. The van der Waals surface area contributed by atoms with Crippen LogP contribution in [0.1, 0.15) is 32.0 Å². The molecule has 0 bridgehead atoms. The summed E-state index contributed by atoms with van der Waals surface area (Å²) >= 11 is 0. The van der Waals surface area contributed by atoms with Crippen molar-refractivity contribution in [3.63, 3.8) is 0 Å². The molecule has 1 fully saturated rings. The molecule has 5 nitrogen and oxygen atoms in total. The number of benzene rings is 1. The van der Waals surface area contributed by atoms with E-state index in [1.54, 1.807) is 0 Å². The summed E-state index contributed by atoms with van der Waals surface area (Å²) in [6, 6.07) is 9.58. The summed E-state index contributed by atoms with van der Waals surface area (Å²) in [5.74, 6) is 1.54. The number of guanidine groups is 1. The van der Waals surface area contributed by atoms with E-state index >= 15 is 0 Å². The van der Waals surface area contributed by atoms with Gasteiger partial charge in [-0.2, -0.15) is 0 Å². The third kappa shape index (κ3) is 4.04. The number of aryl methyl sites for hydroxylation is 1. The molecule has 1 aliphatic heterocycles. The highest BCUT2D eigenvalue weighted by molar-refractivity contribution is 5.84. The molecule has 1 aromatic heterocycles. The number of para-hydroxylation sites is 1. The molecule has 1 aliphatic rings. The molecule has 0 radical (unpaired) electrons. The lowest BCUT2D eigenvalue weighted by molar-refractivity contribution is 0.265. The number of aliphatic imine (C=N–C) groups is 1. The molecule has 3 N–H and O–H groups in total. The Bertz CT molecular complexity index is 761. The summed E-state index contributed by atoms with van der Waals surface area (Å²) in [6.45, 7) is 12.1. The van der Waals surface area contributed by atoms with Crippen molar-refractivity contribution in [1.29, 1.82) is 0 Å². The van der Waals surface area contributed by atoms with Crippen LogP contribution in [0.25, 0.3) is 10.9 Å². The zero-order valence-electron chi connectivity index (χ0n) is 16.8. The number of H-pyrrole nitrogens is 1. The van der Waals surface area contributed by atoms with E-state index in [0.29, 0.717) is 18.0 Å². The Morgan fingerprint density at radius 3 is 2.77 bits per heavy atom. The third-order valence-corrected chi connectivity index (χ3v) is 5.61. The largest absolute Gasteiger partial charge is 0.358 e. The highest BCUT2D eigenvalue weighted by Gasteiger charge is 2.31. The minimum atomic E-state index is 0.457. The maximum Gasteiger partial charge on any atom is 0.191 e. The van der Waals surface area contributed by atoms with Crippen LogP contribution in [-0.4, -0.2) is 54.6 Å². The molecule has 0 spiro atoms. The van der Waals surface area contributed by atoms with E-state index in [9.17, 15) is 0 Å². The second kappa shape index (κ2) is 8.12. The van der Waals surface area contributed by atoms with E-state index < -0.39 is 0 Å². The second-order valence-corrected chi connectivity index (χ2v) is 7.80.